The normalized spacial score (nSPS) is 13.4. The molecule has 0 aromatic heterocycles. The molecule has 0 bridgehead atoms. The molecule has 2 atom stereocenters. The molecule has 3 nitrogen and oxygen atoms in total. The maximum atomic E-state index is 12.4. The minimum absolute atomic E-state index is 0.0148. The van der Waals surface area contributed by atoms with Crippen LogP contribution in [0, 0.1) is 0 Å². The first-order chi connectivity index (χ1) is 12.1. The zero-order chi connectivity index (χ0) is 17.6. The highest BCUT2D eigenvalue weighted by atomic mass is 16.1. The van der Waals surface area contributed by atoms with E-state index in [0.717, 1.165) is 5.56 Å². The minimum atomic E-state index is -0.0148. The molecule has 0 heterocycles. The predicted molar refractivity (Wildman–Crippen MR) is 102 cm³/mol. The Morgan fingerprint density at radius 1 is 0.920 bits per heavy atom. The summed E-state index contributed by atoms with van der Waals surface area (Å²) < 4.78 is 0. The molecule has 3 aromatic rings. The number of benzene rings is 3. The van der Waals surface area contributed by atoms with E-state index in [1.807, 2.05) is 43.3 Å². The van der Waals surface area contributed by atoms with Gasteiger partial charge >= 0.3 is 0 Å². The van der Waals surface area contributed by atoms with E-state index in [1.54, 1.807) is 0 Å². The summed E-state index contributed by atoms with van der Waals surface area (Å²) in [7, 11) is 0. The summed E-state index contributed by atoms with van der Waals surface area (Å²) in [5.41, 5.74) is 2.39. The minimum Gasteiger partial charge on any atom is -0.345 e. The summed E-state index contributed by atoms with van der Waals surface area (Å²) in [6, 6.07) is 25.0. The summed E-state index contributed by atoms with van der Waals surface area (Å²) in [6.07, 6.45) is 0. The van der Waals surface area contributed by atoms with Gasteiger partial charge in [0.25, 0.3) is 5.91 Å². The van der Waals surface area contributed by atoms with E-state index in [1.165, 1.54) is 16.3 Å². The SMILES string of the molecule is C[C@H](NC(=O)C[NH2+][C@H](C)c1ccccc1)c1cccc2ccccc12. The Morgan fingerprint density at radius 2 is 1.60 bits per heavy atom. The van der Waals surface area contributed by atoms with Crippen molar-refractivity contribution in [3.63, 3.8) is 0 Å². The number of quaternary nitrogens is 1. The molecule has 3 heteroatoms. The van der Waals surface area contributed by atoms with Gasteiger partial charge in [0.15, 0.2) is 6.54 Å². The molecule has 3 N–H and O–H groups in total. The Kier molecular flexibility index (Phi) is 5.46. The maximum absolute atomic E-state index is 12.4. The average molecular weight is 333 g/mol. The van der Waals surface area contributed by atoms with Gasteiger partial charge in [-0.3, -0.25) is 4.79 Å². The molecule has 0 unspecified atom stereocenters. The van der Waals surface area contributed by atoms with Crippen LogP contribution in [0.1, 0.15) is 37.1 Å². The van der Waals surface area contributed by atoms with Gasteiger partial charge in [-0.05, 0) is 30.2 Å². The zero-order valence-corrected chi connectivity index (χ0v) is 14.8. The summed E-state index contributed by atoms with van der Waals surface area (Å²) in [4.78, 5) is 12.4. The van der Waals surface area contributed by atoms with Crippen molar-refractivity contribution in [1.82, 2.24) is 5.32 Å². The van der Waals surface area contributed by atoms with Gasteiger partial charge in [0.05, 0.1) is 6.04 Å². The molecule has 0 aliphatic rings. The van der Waals surface area contributed by atoms with Gasteiger partial charge in [0.2, 0.25) is 0 Å². The van der Waals surface area contributed by atoms with Crippen LogP contribution in [0.15, 0.2) is 72.8 Å². The molecule has 0 saturated heterocycles. The first kappa shape index (κ1) is 17.2. The lowest BCUT2D eigenvalue weighted by Gasteiger charge is -2.17. The third-order valence-corrected chi connectivity index (χ3v) is 4.65. The lowest BCUT2D eigenvalue weighted by molar-refractivity contribution is -0.682. The Morgan fingerprint density at radius 3 is 2.40 bits per heavy atom. The van der Waals surface area contributed by atoms with Crippen molar-refractivity contribution < 1.29 is 10.1 Å². The average Bonchev–Trinajstić information content (AvgIpc) is 2.66. The number of hydrogen-bond acceptors (Lipinski definition) is 1. The third kappa shape index (κ3) is 4.25. The van der Waals surface area contributed by atoms with Gasteiger partial charge in [-0.2, -0.15) is 0 Å². The van der Waals surface area contributed by atoms with Crippen molar-refractivity contribution in [2.45, 2.75) is 25.9 Å². The molecule has 0 fully saturated rings. The number of carbonyl (C=O) groups is 1. The van der Waals surface area contributed by atoms with Crippen LogP contribution in [0.3, 0.4) is 0 Å². The molecule has 128 valence electrons. The smallest absolute Gasteiger partial charge is 0.275 e. The van der Waals surface area contributed by atoms with Crippen molar-refractivity contribution in [2.75, 3.05) is 6.54 Å². The number of rotatable bonds is 6. The lowest BCUT2D eigenvalue weighted by Crippen LogP contribution is -2.87. The van der Waals surface area contributed by atoms with Gasteiger partial charge in [0, 0.05) is 5.56 Å². The third-order valence-electron chi connectivity index (χ3n) is 4.65. The van der Waals surface area contributed by atoms with Gasteiger partial charge in [-0.15, -0.1) is 0 Å². The van der Waals surface area contributed by atoms with Crippen LogP contribution < -0.4 is 10.6 Å². The number of carbonyl (C=O) groups excluding carboxylic acids is 1. The van der Waals surface area contributed by atoms with E-state index in [9.17, 15) is 4.79 Å². The van der Waals surface area contributed by atoms with Crippen molar-refractivity contribution in [3.8, 4) is 0 Å². The summed E-state index contributed by atoms with van der Waals surface area (Å²) in [5, 5.41) is 7.59. The standard InChI is InChI=1S/C22H24N2O/c1-16(18-9-4-3-5-10-18)23-15-22(25)24-17(2)20-14-8-12-19-11-6-7-13-21(19)20/h3-14,16-17,23H,15H2,1-2H3,(H,24,25)/p+1/t16-,17+/m1/s1. The monoisotopic (exact) mass is 333 g/mol. The van der Waals surface area contributed by atoms with Crippen LogP contribution in [-0.4, -0.2) is 12.5 Å². The Labute approximate surface area is 149 Å². The first-order valence-corrected chi connectivity index (χ1v) is 8.80. The largest absolute Gasteiger partial charge is 0.345 e. The maximum Gasteiger partial charge on any atom is 0.275 e. The second-order valence-electron chi connectivity index (χ2n) is 6.50. The predicted octanol–water partition coefficient (Wildman–Crippen LogP) is 3.34. The molecular formula is C22H25N2O+. The van der Waals surface area contributed by atoms with E-state index >= 15 is 0 Å². The molecule has 0 aliphatic carbocycles. The summed E-state index contributed by atoms with van der Waals surface area (Å²) >= 11 is 0. The van der Waals surface area contributed by atoms with Gasteiger partial charge in [0.1, 0.15) is 6.04 Å². The number of hydrogen-bond donors (Lipinski definition) is 2. The topological polar surface area (TPSA) is 45.7 Å². The summed E-state index contributed by atoms with van der Waals surface area (Å²) in [5.74, 6) is 0.0585. The van der Waals surface area contributed by atoms with E-state index in [2.05, 4.69) is 54.0 Å². The number of nitrogens with one attached hydrogen (secondary N) is 1. The first-order valence-electron chi connectivity index (χ1n) is 8.80. The lowest BCUT2D eigenvalue weighted by atomic mass is 10.00. The fourth-order valence-electron chi connectivity index (χ4n) is 3.18. The second-order valence-corrected chi connectivity index (χ2v) is 6.50. The van der Waals surface area contributed by atoms with Crippen LogP contribution in [-0.2, 0) is 4.79 Å². The Bertz CT molecular complexity index is 840. The number of fused-ring (bicyclic) bond motifs is 1. The van der Waals surface area contributed by atoms with Crippen LogP contribution in [0.4, 0.5) is 0 Å². The fraction of sp³-hybridized carbons (Fsp3) is 0.227. The highest BCUT2D eigenvalue weighted by molar-refractivity contribution is 5.87. The van der Waals surface area contributed by atoms with Crippen LogP contribution >= 0.6 is 0 Å². The van der Waals surface area contributed by atoms with E-state index in [-0.39, 0.29) is 18.0 Å². The Balaban J connectivity index is 1.61. The highest BCUT2D eigenvalue weighted by Gasteiger charge is 2.15. The fourth-order valence-corrected chi connectivity index (χ4v) is 3.18. The quantitative estimate of drug-likeness (QED) is 0.714. The van der Waals surface area contributed by atoms with E-state index in [0.29, 0.717) is 6.54 Å². The zero-order valence-electron chi connectivity index (χ0n) is 14.8. The van der Waals surface area contributed by atoms with Gasteiger partial charge in [-0.1, -0.05) is 72.8 Å². The van der Waals surface area contributed by atoms with Crippen LogP contribution in [0.5, 0.6) is 0 Å². The number of nitrogens with two attached hydrogens (primary N) is 1. The van der Waals surface area contributed by atoms with Crippen molar-refractivity contribution in [2.24, 2.45) is 0 Å². The number of amides is 1. The molecule has 25 heavy (non-hydrogen) atoms. The van der Waals surface area contributed by atoms with Crippen LogP contribution in [0.25, 0.3) is 10.8 Å². The van der Waals surface area contributed by atoms with Crippen molar-refractivity contribution in [3.05, 3.63) is 83.9 Å². The molecular weight excluding hydrogens is 308 g/mol. The van der Waals surface area contributed by atoms with Crippen molar-refractivity contribution >= 4 is 16.7 Å². The Hall–Kier alpha value is -2.65. The van der Waals surface area contributed by atoms with E-state index < -0.39 is 0 Å². The van der Waals surface area contributed by atoms with Crippen LogP contribution in [0.2, 0.25) is 0 Å². The molecule has 0 saturated carbocycles. The summed E-state index contributed by atoms with van der Waals surface area (Å²) in [6.45, 7) is 4.59. The molecule has 1 amide bonds. The second kappa shape index (κ2) is 7.95. The van der Waals surface area contributed by atoms with Gasteiger partial charge in [-0.25, -0.2) is 0 Å². The van der Waals surface area contributed by atoms with Crippen molar-refractivity contribution in [1.29, 1.82) is 0 Å². The molecule has 0 aliphatic heterocycles. The molecule has 3 rings (SSSR count). The molecule has 0 radical (unpaired) electrons. The van der Waals surface area contributed by atoms with E-state index in [4.69, 9.17) is 0 Å². The molecule has 3 aromatic carbocycles. The molecule has 0 spiro atoms. The highest BCUT2D eigenvalue weighted by Crippen LogP contribution is 2.23. The van der Waals surface area contributed by atoms with Gasteiger partial charge < -0.3 is 10.6 Å².